The maximum Gasteiger partial charge on any atom is 0.268 e. The van der Waals surface area contributed by atoms with Crippen LogP contribution in [0, 0.1) is 19.7 Å². The average Bonchev–Trinajstić information content (AvgIpc) is 2.30. The summed E-state index contributed by atoms with van der Waals surface area (Å²) < 4.78 is 14.4. The van der Waals surface area contributed by atoms with Crippen molar-refractivity contribution in [1.29, 1.82) is 0 Å². The molecule has 1 aromatic heterocycles. The molecule has 19 heavy (non-hydrogen) atoms. The Labute approximate surface area is 109 Å². The maximum absolute atomic E-state index is 13.1. The molecule has 0 fully saturated rings. The van der Waals surface area contributed by atoms with E-state index in [4.69, 9.17) is 5.73 Å². The number of nitrogens with two attached hydrogens (primary N) is 1. The van der Waals surface area contributed by atoms with Crippen LogP contribution in [0.4, 0.5) is 4.39 Å². The summed E-state index contributed by atoms with van der Waals surface area (Å²) in [5, 5.41) is 0. The predicted molar refractivity (Wildman–Crippen MR) is 70.0 cm³/mol. The van der Waals surface area contributed by atoms with Gasteiger partial charge >= 0.3 is 0 Å². The Balaban J connectivity index is 2.74. The highest BCUT2D eigenvalue weighted by Crippen LogP contribution is 2.14. The Hall–Kier alpha value is -2.43. The van der Waals surface area contributed by atoms with Gasteiger partial charge in [-0.2, -0.15) is 0 Å². The number of aromatic nitrogens is 1. The summed E-state index contributed by atoms with van der Waals surface area (Å²) in [6.07, 6.45) is 1.55. The van der Waals surface area contributed by atoms with Gasteiger partial charge in [0.1, 0.15) is 11.4 Å². The largest absolute Gasteiger partial charge is 0.365 e. The van der Waals surface area contributed by atoms with E-state index in [1.165, 1.54) is 22.8 Å². The third-order valence-corrected chi connectivity index (χ3v) is 2.97. The minimum absolute atomic E-state index is 0.0498. The monoisotopic (exact) mass is 260 g/mol. The normalized spacial score (nSPS) is 10.5. The lowest BCUT2D eigenvalue weighted by atomic mass is 10.1. The molecule has 1 aromatic carbocycles. The van der Waals surface area contributed by atoms with Gasteiger partial charge in [-0.1, -0.05) is 0 Å². The molecule has 4 nitrogen and oxygen atoms in total. The molecular weight excluding hydrogens is 247 g/mol. The number of hydrogen-bond acceptors (Lipinski definition) is 2. The van der Waals surface area contributed by atoms with Crippen molar-refractivity contribution in [2.24, 2.45) is 5.73 Å². The van der Waals surface area contributed by atoms with Crippen LogP contribution in [0.3, 0.4) is 0 Å². The molecule has 0 aliphatic carbocycles. The standard InChI is InChI=1S/C14H13FN2O2/c1-8-5-6-17(14(19)12(8)13(16)18)11-4-3-10(15)7-9(11)2/h3-7H,1-2H3,(H2,16,18). The molecule has 0 aliphatic rings. The summed E-state index contributed by atoms with van der Waals surface area (Å²) in [6.45, 7) is 3.33. The van der Waals surface area contributed by atoms with Gasteiger partial charge in [-0.25, -0.2) is 4.39 Å². The van der Waals surface area contributed by atoms with Crippen LogP contribution in [-0.2, 0) is 0 Å². The molecule has 5 heteroatoms. The van der Waals surface area contributed by atoms with Crippen molar-refractivity contribution in [2.45, 2.75) is 13.8 Å². The second-order valence-electron chi connectivity index (χ2n) is 4.34. The minimum atomic E-state index is -0.767. The van der Waals surface area contributed by atoms with Gasteiger partial charge < -0.3 is 5.73 Å². The first kappa shape index (κ1) is 13.0. The Kier molecular flexibility index (Phi) is 3.21. The predicted octanol–water partition coefficient (Wildman–Crippen LogP) is 1.69. The maximum atomic E-state index is 13.1. The lowest BCUT2D eigenvalue weighted by molar-refractivity contribution is 0.0998. The van der Waals surface area contributed by atoms with Gasteiger partial charge in [0.25, 0.3) is 11.5 Å². The van der Waals surface area contributed by atoms with Gasteiger partial charge in [-0.05, 0) is 49.2 Å². The van der Waals surface area contributed by atoms with Gasteiger partial charge in [-0.3, -0.25) is 14.2 Å². The molecule has 2 aromatic rings. The van der Waals surface area contributed by atoms with Crippen LogP contribution >= 0.6 is 0 Å². The first-order valence-corrected chi connectivity index (χ1v) is 5.70. The van der Waals surface area contributed by atoms with Crippen molar-refractivity contribution in [1.82, 2.24) is 4.57 Å². The Morgan fingerprint density at radius 2 is 1.89 bits per heavy atom. The molecule has 0 bridgehead atoms. The number of pyridine rings is 1. The molecule has 0 spiro atoms. The van der Waals surface area contributed by atoms with E-state index in [0.29, 0.717) is 16.8 Å². The summed E-state index contributed by atoms with van der Waals surface area (Å²) in [7, 11) is 0. The third kappa shape index (κ3) is 2.27. The molecule has 1 amide bonds. The average molecular weight is 260 g/mol. The van der Waals surface area contributed by atoms with Gasteiger partial charge in [0.05, 0.1) is 5.69 Å². The van der Waals surface area contributed by atoms with Gasteiger partial charge in [0.15, 0.2) is 0 Å². The first-order chi connectivity index (χ1) is 8.91. The molecule has 2 N–H and O–H groups in total. The smallest absolute Gasteiger partial charge is 0.268 e. The molecule has 0 saturated heterocycles. The highest BCUT2D eigenvalue weighted by Gasteiger charge is 2.14. The van der Waals surface area contributed by atoms with Crippen molar-refractivity contribution >= 4 is 5.91 Å². The molecule has 0 radical (unpaired) electrons. The number of halogens is 1. The van der Waals surface area contributed by atoms with Crippen LogP contribution < -0.4 is 11.3 Å². The molecule has 2 rings (SSSR count). The molecule has 0 saturated carbocycles. The van der Waals surface area contributed by atoms with Crippen LogP contribution in [0.2, 0.25) is 0 Å². The highest BCUT2D eigenvalue weighted by molar-refractivity contribution is 5.93. The van der Waals surface area contributed by atoms with Crippen LogP contribution in [0.25, 0.3) is 5.69 Å². The number of aryl methyl sites for hydroxylation is 2. The number of hydrogen-bond donors (Lipinski definition) is 1. The Morgan fingerprint density at radius 1 is 1.21 bits per heavy atom. The van der Waals surface area contributed by atoms with E-state index in [1.54, 1.807) is 26.1 Å². The van der Waals surface area contributed by atoms with E-state index >= 15 is 0 Å². The van der Waals surface area contributed by atoms with Crippen LogP contribution in [0.15, 0.2) is 35.3 Å². The summed E-state index contributed by atoms with van der Waals surface area (Å²) in [6, 6.07) is 5.71. The van der Waals surface area contributed by atoms with Crippen LogP contribution in [-0.4, -0.2) is 10.5 Å². The zero-order valence-electron chi connectivity index (χ0n) is 10.6. The van der Waals surface area contributed by atoms with Gasteiger partial charge in [-0.15, -0.1) is 0 Å². The van der Waals surface area contributed by atoms with Crippen molar-refractivity contribution in [3.05, 3.63) is 63.3 Å². The van der Waals surface area contributed by atoms with E-state index in [9.17, 15) is 14.0 Å². The highest BCUT2D eigenvalue weighted by atomic mass is 19.1. The SMILES string of the molecule is Cc1cc(F)ccc1-n1ccc(C)c(C(N)=O)c1=O. The summed E-state index contributed by atoms with van der Waals surface area (Å²) in [5.74, 6) is -1.15. The minimum Gasteiger partial charge on any atom is -0.365 e. The third-order valence-electron chi connectivity index (χ3n) is 2.97. The summed E-state index contributed by atoms with van der Waals surface area (Å²) in [4.78, 5) is 23.6. The summed E-state index contributed by atoms with van der Waals surface area (Å²) >= 11 is 0. The van der Waals surface area contributed by atoms with E-state index in [1.807, 2.05) is 0 Å². The molecule has 1 heterocycles. The Morgan fingerprint density at radius 3 is 2.47 bits per heavy atom. The topological polar surface area (TPSA) is 65.1 Å². The number of amides is 1. The van der Waals surface area contributed by atoms with Crippen molar-refractivity contribution < 1.29 is 9.18 Å². The second-order valence-corrected chi connectivity index (χ2v) is 4.34. The quantitative estimate of drug-likeness (QED) is 0.893. The fourth-order valence-electron chi connectivity index (χ4n) is 2.01. The lowest BCUT2D eigenvalue weighted by Gasteiger charge is -2.11. The lowest BCUT2D eigenvalue weighted by Crippen LogP contribution is -2.30. The van der Waals surface area contributed by atoms with E-state index in [2.05, 4.69) is 0 Å². The van der Waals surface area contributed by atoms with Gasteiger partial charge in [0, 0.05) is 6.20 Å². The number of carbonyl (C=O) groups is 1. The zero-order chi connectivity index (χ0) is 14.2. The Bertz CT molecular complexity index is 720. The number of carbonyl (C=O) groups excluding carboxylic acids is 1. The van der Waals surface area contributed by atoms with E-state index in [0.717, 1.165) is 0 Å². The van der Waals surface area contributed by atoms with E-state index in [-0.39, 0.29) is 11.4 Å². The van der Waals surface area contributed by atoms with Crippen molar-refractivity contribution in [3.8, 4) is 5.69 Å². The van der Waals surface area contributed by atoms with Crippen molar-refractivity contribution in [2.75, 3.05) is 0 Å². The molecular formula is C14H13FN2O2. The number of nitrogens with zero attached hydrogens (tertiary/aromatic N) is 1. The number of benzene rings is 1. The molecule has 0 atom stereocenters. The molecule has 0 unspecified atom stereocenters. The van der Waals surface area contributed by atoms with Gasteiger partial charge in [0.2, 0.25) is 0 Å². The fourth-order valence-corrected chi connectivity index (χ4v) is 2.01. The van der Waals surface area contributed by atoms with Crippen LogP contribution in [0.5, 0.6) is 0 Å². The van der Waals surface area contributed by atoms with Crippen LogP contribution in [0.1, 0.15) is 21.5 Å². The molecule has 98 valence electrons. The number of primary amides is 1. The zero-order valence-corrected chi connectivity index (χ0v) is 10.6. The number of rotatable bonds is 2. The van der Waals surface area contributed by atoms with Crippen molar-refractivity contribution in [3.63, 3.8) is 0 Å². The molecule has 0 aliphatic heterocycles. The summed E-state index contributed by atoms with van der Waals surface area (Å²) in [5.41, 5.74) is 6.31. The second kappa shape index (κ2) is 4.68. The first-order valence-electron chi connectivity index (χ1n) is 5.70. The fraction of sp³-hybridized carbons (Fsp3) is 0.143. The van der Waals surface area contributed by atoms with E-state index < -0.39 is 11.5 Å².